The Bertz CT molecular complexity index is 1810. The van der Waals surface area contributed by atoms with Gasteiger partial charge in [0.25, 0.3) is 17.7 Å². The normalized spacial score (nSPS) is 17.6. The van der Waals surface area contributed by atoms with Crippen molar-refractivity contribution >= 4 is 63.9 Å². The number of aromatic nitrogens is 4. The van der Waals surface area contributed by atoms with Crippen LogP contribution in [0.4, 0.5) is 5.13 Å². The van der Waals surface area contributed by atoms with E-state index in [1.165, 1.54) is 17.8 Å². The van der Waals surface area contributed by atoms with Crippen LogP contribution in [0.15, 0.2) is 53.7 Å². The number of aliphatic carboxylic acids is 1. The van der Waals surface area contributed by atoms with E-state index < -0.39 is 35.1 Å². The molecule has 0 aliphatic carbocycles. The summed E-state index contributed by atoms with van der Waals surface area (Å²) in [5.41, 5.74) is 7.66. The third-order valence-corrected chi connectivity index (χ3v) is 8.66. The average molecular weight is 649 g/mol. The fraction of sp³-hybridized carbons (Fsp3) is 0.222. The van der Waals surface area contributed by atoms with Gasteiger partial charge in [0, 0.05) is 52.3 Å². The van der Waals surface area contributed by atoms with Crippen LogP contribution in [-0.4, -0.2) is 72.4 Å². The molecule has 3 aromatic rings. The molecule has 5 N–H and O–H groups in total. The maximum Gasteiger partial charge on any atom is 0.281 e. The van der Waals surface area contributed by atoms with Crippen molar-refractivity contribution in [1.29, 1.82) is 5.26 Å². The SMILES string of the molecule is C=Cc1c(-c2cc[n+](CC3=C(C(=O)[O-])N4C(=O)C(NC(=O)/C(=N/OCC)c5nsc(N)n5)C4SC3)cc2)c[nH]c1C(=O)NC#N. The van der Waals surface area contributed by atoms with Gasteiger partial charge in [-0.15, -0.1) is 11.8 Å². The van der Waals surface area contributed by atoms with Gasteiger partial charge in [-0.2, -0.15) is 14.6 Å². The number of nitrogens with two attached hydrogens (primary N) is 1. The Kier molecular flexibility index (Phi) is 8.92. The first-order valence-corrected chi connectivity index (χ1v) is 15.0. The number of carboxylic acids is 1. The molecule has 5 heterocycles. The molecular weight excluding hydrogens is 624 g/mol. The monoisotopic (exact) mass is 648 g/mol. The summed E-state index contributed by atoms with van der Waals surface area (Å²) in [5, 5.41) is 28.9. The van der Waals surface area contributed by atoms with Gasteiger partial charge >= 0.3 is 0 Å². The number of nitrogen functional groups attached to an aromatic ring is 1. The molecule has 45 heavy (non-hydrogen) atoms. The second-order valence-corrected chi connectivity index (χ2v) is 11.3. The molecule has 2 aliphatic heterocycles. The number of nitrogens with one attached hydrogen (secondary N) is 3. The van der Waals surface area contributed by atoms with Crippen LogP contribution in [0.2, 0.25) is 0 Å². The number of H-pyrrole nitrogens is 1. The van der Waals surface area contributed by atoms with Crippen LogP contribution in [0.1, 0.15) is 28.8 Å². The topological polar surface area (TPSA) is 235 Å². The summed E-state index contributed by atoms with van der Waals surface area (Å²) >= 11 is 2.15. The lowest BCUT2D eigenvalue weighted by atomic mass is 10.0. The third-order valence-electron chi connectivity index (χ3n) is 6.78. The number of nitriles is 1. The van der Waals surface area contributed by atoms with Crippen molar-refractivity contribution in [2.45, 2.75) is 24.9 Å². The van der Waals surface area contributed by atoms with Gasteiger partial charge in [-0.05, 0) is 12.5 Å². The number of carbonyl (C=O) groups excluding carboxylic acids is 4. The first kappa shape index (κ1) is 30.9. The molecule has 1 fully saturated rings. The minimum atomic E-state index is -1.52. The molecule has 2 unspecified atom stereocenters. The molecule has 3 amide bonds. The number of nitrogens with zero attached hydrogens (tertiary/aromatic N) is 6. The van der Waals surface area contributed by atoms with Crippen molar-refractivity contribution in [1.82, 2.24) is 29.9 Å². The molecule has 0 aromatic carbocycles. The largest absolute Gasteiger partial charge is 0.543 e. The standard InChI is InChI=1S/C27H24N10O6S2/c1-3-15-16(9-30-17(15)22(38)31-12-28)13-5-7-36(8-6-13)10-14-11-44-25-19(24(40)37(25)20(14)26(41)42)32-23(39)18(34-43-4-2)21-33-27(29)45-35-21/h3,5-9,19,25H,1,4,10-11H2,2H3,(H5,29,31,32,33,35,38,39,41,42)/b34-18+. The first-order valence-electron chi connectivity index (χ1n) is 13.2. The van der Waals surface area contributed by atoms with E-state index >= 15 is 0 Å². The van der Waals surface area contributed by atoms with Crippen LogP contribution in [0, 0.1) is 11.5 Å². The van der Waals surface area contributed by atoms with E-state index in [0.29, 0.717) is 16.7 Å². The van der Waals surface area contributed by atoms with Gasteiger partial charge in [0.2, 0.25) is 11.5 Å². The molecule has 18 heteroatoms. The van der Waals surface area contributed by atoms with E-state index in [1.54, 1.807) is 48.4 Å². The van der Waals surface area contributed by atoms with Crippen LogP contribution >= 0.6 is 23.3 Å². The highest BCUT2D eigenvalue weighted by molar-refractivity contribution is 8.00. The number of hydrogen-bond acceptors (Lipinski definition) is 13. The number of carboxylic acid groups (broad SMARTS) is 1. The highest BCUT2D eigenvalue weighted by atomic mass is 32.2. The quantitative estimate of drug-likeness (QED) is 0.0496. The molecule has 5 rings (SSSR count). The molecule has 0 spiro atoms. The van der Waals surface area contributed by atoms with Gasteiger partial charge < -0.3 is 30.8 Å². The van der Waals surface area contributed by atoms with Crippen LogP contribution < -0.4 is 26.0 Å². The van der Waals surface area contributed by atoms with E-state index in [2.05, 4.69) is 36.7 Å². The van der Waals surface area contributed by atoms with E-state index in [4.69, 9.17) is 15.8 Å². The van der Waals surface area contributed by atoms with Crippen LogP contribution in [0.5, 0.6) is 0 Å². The smallest absolute Gasteiger partial charge is 0.281 e. The first-order chi connectivity index (χ1) is 21.7. The summed E-state index contributed by atoms with van der Waals surface area (Å²) in [6.45, 7) is 5.74. The van der Waals surface area contributed by atoms with Crippen LogP contribution in [-0.2, 0) is 25.8 Å². The Morgan fingerprint density at radius 3 is 2.78 bits per heavy atom. The highest BCUT2D eigenvalue weighted by Gasteiger charge is 2.53. The molecule has 0 saturated carbocycles. The predicted molar refractivity (Wildman–Crippen MR) is 159 cm³/mol. The van der Waals surface area contributed by atoms with Crippen molar-refractivity contribution in [3.63, 3.8) is 0 Å². The number of β-lactam (4-membered cyclic amide) rings is 1. The molecular formula is C27H24N10O6S2. The molecule has 0 bridgehead atoms. The van der Waals surface area contributed by atoms with Gasteiger partial charge in [0.05, 0.1) is 11.7 Å². The zero-order chi connectivity index (χ0) is 32.2. The summed E-state index contributed by atoms with van der Waals surface area (Å²) in [5.74, 6) is -3.33. The fourth-order valence-electron chi connectivity index (χ4n) is 4.80. The van der Waals surface area contributed by atoms with Crippen molar-refractivity contribution in [2.75, 3.05) is 18.1 Å². The minimum absolute atomic E-state index is 0.0637. The number of aromatic amines is 1. The molecule has 0 radical (unpaired) electrons. The summed E-state index contributed by atoms with van der Waals surface area (Å²) in [6, 6.07) is 2.51. The predicted octanol–water partition coefficient (Wildman–Crippen LogP) is -0.899. The molecule has 1 saturated heterocycles. The molecule has 3 aromatic heterocycles. The van der Waals surface area contributed by atoms with E-state index in [1.807, 2.05) is 0 Å². The Morgan fingerprint density at radius 1 is 1.40 bits per heavy atom. The lowest BCUT2D eigenvalue weighted by Gasteiger charge is -2.50. The summed E-state index contributed by atoms with van der Waals surface area (Å²) in [4.78, 5) is 63.5. The van der Waals surface area contributed by atoms with E-state index in [-0.39, 0.29) is 47.0 Å². The van der Waals surface area contributed by atoms with Crippen molar-refractivity contribution in [3.8, 4) is 17.3 Å². The van der Waals surface area contributed by atoms with E-state index in [9.17, 15) is 24.3 Å². The Balaban J connectivity index is 1.32. The zero-order valence-electron chi connectivity index (χ0n) is 23.5. The van der Waals surface area contributed by atoms with Crippen molar-refractivity contribution in [2.24, 2.45) is 5.16 Å². The highest BCUT2D eigenvalue weighted by Crippen LogP contribution is 2.40. The number of amides is 3. The van der Waals surface area contributed by atoms with Crippen molar-refractivity contribution < 1.29 is 33.7 Å². The minimum Gasteiger partial charge on any atom is -0.543 e. The molecule has 2 atom stereocenters. The maximum absolute atomic E-state index is 13.2. The number of rotatable bonds is 11. The molecule has 230 valence electrons. The maximum atomic E-state index is 13.2. The Morgan fingerprint density at radius 2 is 2.16 bits per heavy atom. The number of fused-ring (bicyclic) bond motifs is 1. The fourth-order valence-corrected chi connectivity index (χ4v) is 6.57. The number of thioether (sulfide) groups is 1. The molecule has 16 nitrogen and oxygen atoms in total. The van der Waals surface area contributed by atoms with Gasteiger partial charge in [-0.25, -0.2) is 4.57 Å². The lowest BCUT2D eigenvalue weighted by Crippen LogP contribution is -2.71. The number of hydrogen-bond donors (Lipinski definition) is 4. The van der Waals surface area contributed by atoms with Crippen LogP contribution in [0.3, 0.4) is 0 Å². The number of carbonyl (C=O) groups is 4. The lowest BCUT2D eigenvalue weighted by molar-refractivity contribution is -0.689. The number of anilines is 1. The van der Waals surface area contributed by atoms with Gasteiger partial charge in [0.15, 0.2) is 30.3 Å². The molecule has 2 aliphatic rings. The van der Waals surface area contributed by atoms with Gasteiger partial charge in [0.1, 0.15) is 23.7 Å². The van der Waals surface area contributed by atoms with Gasteiger partial charge in [-0.1, -0.05) is 17.8 Å². The number of oxime groups is 1. The second-order valence-electron chi connectivity index (χ2n) is 9.43. The third kappa shape index (κ3) is 5.98. The Labute approximate surface area is 263 Å². The van der Waals surface area contributed by atoms with Crippen molar-refractivity contribution in [3.05, 3.63) is 65.7 Å². The number of pyridine rings is 1. The van der Waals surface area contributed by atoms with Gasteiger partial charge in [-0.3, -0.25) is 24.6 Å². The van der Waals surface area contributed by atoms with E-state index in [0.717, 1.165) is 22.0 Å². The summed E-state index contributed by atoms with van der Waals surface area (Å²) in [6.07, 6.45) is 8.17. The second kappa shape index (κ2) is 13.0. The summed E-state index contributed by atoms with van der Waals surface area (Å²) in [7, 11) is 0. The average Bonchev–Trinajstić information content (AvgIpc) is 3.66. The zero-order valence-corrected chi connectivity index (χ0v) is 25.1. The Hall–Kier alpha value is -5.54. The van der Waals surface area contributed by atoms with Crippen LogP contribution in [0.25, 0.3) is 17.2 Å². The summed E-state index contributed by atoms with van der Waals surface area (Å²) < 4.78 is 5.71.